The van der Waals surface area contributed by atoms with Crippen LogP contribution < -0.4 is 10.2 Å². The highest BCUT2D eigenvalue weighted by atomic mass is 32.1. The molecule has 1 aliphatic rings. The third kappa shape index (κ3) is 4.47. The van der Waals surface area contributed by atoms with Crippen molar-refractivity contribution >= 4 is 22.9 Å². The number of rotatable bonds is 5. The van der Waals surface area contributed by atoms with E-state index < -0.39 is 0 Å². The number of morpholine rings is 1. The van der Waals surface area contributed by atoms with E-state index in [9.17, 15) is 4.79 Å². The first kappa shape index (κ1) is 18.8. The third-order valence-electron chi connectivity index (χ3n) is 4.84. The fraction of sp³-hybridized carbons (Fsp3) is 0.273. The molecule has 1 aliphatic heterocycles. The van der Waals surface area contributed by atoms with Crippen LogP contribution in [0.2, 0.25) is 0 Å². The topological polar surface area (TPSA) is 55.7 Å². The Morgan fingerprint density at radius 3 is 2.64 bits per heavy atom. The van der Waals surface area contributed by atoms with E-state index in [1.165, 1.54) is 15.3 Å². The Labute approximate surface area is 169 Å². The fourth-order valence-corrected chi connectivity index (χ4v) is 4.44. The van der Waals surface area contributed by atoms with E-state index in [4.69, 9.17) is 9.72 Å². The number of benzene rings is 2. The molecule has 4 rings (SSSR count). The molecule has 0 radical (unpaired) electrons. The molecule has 1 fully saturated rings. The van der Waals surface area contributed by atoms with Gasteiger partial charge in [0.2, 0.25) is 0 Å². The number of ether oxygens (including phenoxy) is 1. The first-order valence-corrected chi connectivity index (χ1v) is 10.3. The second-order valence-electron chi connectivity index (χ2n) is 6.97. The number of quaternary nitrogens is 1. The normalized spacial score (nSPS) is 14.8. The number of anilines is 1. The highest BCUT2D eigenvalue weighted by molar-refractivity contribution is 7.18. The molecule has 2 N–H and O–H groups in total. The molecule has 3 aromatic rings. The number of aromatic nitrogens is 1. The van der Waals surface area contributed by atoms with Gasteiger partial charge in [0.05, 0.1) is 23.8 Å². The lowest BCUT2D eigenvalue weighted by Crippen LogP contribution is -3.15. The van der Waals surface area contributed by atoms with Crippen LogP contribution >= 0.6 is 11.3 Å². The number of thiazole rings is 1. The summed E-state index contributed by atoms with van der Waals surface area (Å²) in [6.45, 7) is 5.74. The largest absolute Gasteiger partial charge is 0.370 e. The second-order valence-corrected chi connectivity index (χ2v) is 7.97. The molecule has 0 bridgehead atoms. The van der Waals surface area contributed by atoms with Crippen LogP contribution in [0.15, 0.2) is 54.6 Å². The number of nitrogens with one attached hydrogen (secondary N) is 2. The summed E-state index contributed by atoms with van der Waals surface area (Å²) in [5.41, 5.74) is 4.04. The van der Waals surface area contributed by atoms with Crippen molar-refractivity contribution < 1.29 is 14.4 Å². The van der Waals surface area contributed by atoms with Gasteiger partial charge < -0.3 is 15.0 Å². The zero-order valence-corrected chi connectivity index (χ0v) is 16.7. The van der Waals surface area contributed by atoms with Crippen molar-refractivity contribution in [2.45, 2.75) is 6.92 Å². The maximum Gasteiger partial charge on any atom is 0.279 e. The van der Waals surface area contributed by atoms with E-state index in [-0.39, 0.29) is 5.91 Å². The lowest BCUT2D eigenvalue weighted by Gasteiger charge is -2.23. The van der Waals surface area contributed by atoms with E-state index >= 15 is 0 Å². The average Bonchev–Trinajstić information content (AvgIpc) is 3.11. The van der Waals surface area contributed by atoms with Crippen LogP contribution in [0.5, 0.6) is 0 Å². The SMILES string of the molecule is Cc1nc(-c2cccc(NC(=O)C[NH+]3CCOCC3)c2)sc1-c1ccccc1. The third-order valence-corrected chi connectivity index (χ3v) is 6.09. The van der Waals surface area contributed by atoms with Crippen molar-refractivity contribution in [3.63, 3.8) is 0 Å². The summed E-state index contributed by atoms with van der Waals surface area (Å²) in [5, 5.41) is 3.99. The van der Waals surface area contributed by atoms with Crippen LogP contribution in [0.25, 0.3) is 21.0 Å². The molecule has 2 aromatic carbocycles. The Kier molecular flexibility index (Phi) is 5.81. The molecule has 144 valence electrons. The fourth-order valence-electron chi connectivity index (χ4n) is 3.38. The lowest BCUT2D eigenvalue weighted by molar-refractivity contribution is -0.899. The van der Waals surface area contributed by atoms with E-state index in [0.29, 0.717) is 6.54 Å². The van der Waals surface area contributed by atoms with Crippen LogP contribution in [-0.4, -0.2) is 43.7 Å². The molecule has 1 amide bonds. The number of nitrogens with zero attached hydrogens (tertiary/aromatic N) is 1. The van der Waals surface area contributed by atoms with E-state index in [0.717, 1.165) is 48.3 Å². The molecular formula is C22H24N3O2S+. The minimum absolute atomic E-state index is 0.0364. The average molecular weight is 395 g/mol. The van der Waals surface area contributed by atoms with E-state index in [1.54, 1.807) is 11.3 Å². The Morgan fingerprint density at radius 2 is 1.86 bits per heavy atom. The Balaban J connectivity index is 1.49. The van der Waals surface area contributed by atoms with Crippen molar-refractivity contribution in [1.82, 2.24) is 4.98 Å². The predicted molar refractivity (Wildman–Crippen MR) is 113 cm³/mol. The van der Waals surface area contributed by atoms with Gasteiger partial charge in [-0.2, -0.15) is 0 Å². The smallest absolute Gasteiger partial charge is 0.279 e. The Morgan fingerprint density at radius 1 is 1.11 bits per heavy atom. The number of aryl methyl sites for hydroxylation is 1. The summed E-state index contributed by atoms with van der Waals surface area (Å²) < 4.78 is 5.35. The van der Waals surface area contributed by atoms with Gasteiger partial charge in [0.1, 0.15) is 18.1 Å². The van der Waals surface area contributed by atoms with Crippen molar-refractivity contribution in [2.24, 2.45) is 0 Å². The van der Waals surface area contributed by atoms with Gasteiger partial charge in [0, 0.05) is 11.3 Å². The van der Waals surface area contributed by atoms with Gasteiger partial charge in [0.15, 0.2) is 6.54 Å². The summed E-state index contributed by atoms with van der Waals surface area (Å²) in [6, 6.07) is 18.2. The predicted octanol–water partition coefficient (Wildman–Crippen LogP) is 2.64. The maximum atomic E-state index is 12.4. The number of hydrogen-bond acceptors (Lipinski definition) is 4. The van der Waals surface area contributed by atoms with Gasteiger partial charge in [-0.15, -0.1) is 11.3 Å². The van der Waals surface area contributed by atoms with Crippen LogP contribution in [0.4, 0.5) is 5.69 Å². The molecule has 0 spiro atoms. The molecule has 28 heavy (non-hydrogen) atoms. The van der Waals surface area contributed by atoms with Crippen LogP contribution in [-0.2, 0) is 9.53 Å². The Bertz CT molecular complexity index is 949. The summed E-state index contributed by atoms with van der Waals surface area (Å²) >= 11 is 1.68. The molecule has 1 aromatic heterocycles. The molecule has 6 heteroatoms. The van der Waals surface area contributed by atoms with Crippen molar-refractivity contribution in [2.75, 3.05) is 38.2 Å². The first-order chi connectivity index (χ1) is 13.7. The van der Waals surface area contributed by atoms with Crippen molar-refractivity contribution in [3.05, 3.63) is 60.3 Å². The number of hydrogen-bond donors (Lipinski definition) is 2. The summed E-state index contributed by atoms with van der Waals surface area (Å²) in [5.74, 6) is 0.0364. The van der Waals surface area contributed by atoms with Gasteiger partial charge in [-0.05, 0) is 24.6 Å². The molecular weight excluding hydrogens is 370 g/mol. The molecule has 2 heterocycles. The zero-order valence-electron chi connectivity index (χ0n) is 15.9. The quantitative estimate of drug-likeness (QED) is 0.700. The van der Waals surface area contributed by atoms with E-state index in [1.807, 2.05) is 49.4 Å². The maximum absolute atomic E-state index is 12.4. The van der Waals surface area contributed by atoms with Gasteiger partial charge in [-0.25, -0.2) is 4.98 Å². The number of amides is 1. The number of carbonyl (C=O) groups is 1. The zero-order chi connectivity index (χ0) is 19.3. The highest BCUT2D eigenvalue weighted by Crippen LogP contribution is 2.35. The molecule has 0 atom stereocenters. The van der Waals surface area contributed by atoms with Crippen molar-refractivity contribution in [1.29, 1.82) is 0 Å². The number of carbonyl (C=O) groups excluding carboxylic acids is 1. The minimum atomic E-state index is 0.0364. The van der Waals surface area contributed by atoms with Crippen LogP contribution in [0, 0.1) is 6.92 Å². The minimum Gasteiger partial charge on any atom is -0.370 e. The highest BCUT2D eigenvalue weighted by Gasteiger charge is 2.18. The van der Waals surface area contributed by atoms with E-state index in [2.05, 4.69) is 17.4 Å². The molecule has 5 nitrogen and oxygen atoms in total. The molecule has 0 aliphatic carbocycles. The van der Waals surface area contributed by atoms with Gasteiger partial charge in [0.25, 0.3) is 5.91 Å². The van der Waals surface area contributed by atoms with Crippen molar-refractivity contribution in [3.8, 4) is 21.0 Å². The summed E-state index contributed by atoms with van der Waals surface area (Å²) in [7, 11) is 0. The van der Waals surface area contributed by atoms with Crippen LogP contribution in [0.1, 0.15) is 5.69 Å². The van der Waals surface area contributed by atoms with Gasteiger partial charge in [-0.3, -0.25) is 4.79 Å². The molecule has 1 saturated heterocycles. The first-order valence-electron chi connectivity index (χ1n) is 9.53. The molecule has 0 unspecified atom stereocenters. The summed E-state index contributed by atoms with van der Waals surface area (Å²) in [4.78, 5) is 19.6. The van der Waals surface area contributed by atoms with Gasteiger partial charge >= 0.3 is 0 Å². The second kappa shape index (κ2) is 8.65. The summed E-state index contributed by atoms with van der Waals surface area (Å²) in [6.07, 6.45) is 0. The monoisotopic (exact) mass is 394 g/mol. The standard InChI is InChI=1S/C22H23N3O2S/c1-16-21(17-6-3-2-4-7-17)28-22(23-16)18-8-5-9-19(14-18)24-20(26)15-25-10-12-27-13-11-25/h2-9,14H,10-13,15H2,1H3,(H,24,26)/p+1. The Hall–Kier alpha value is -2.54. The lowest BCUT2D eigenvalue weighted by atomic mass is 10.1. The molecule has 0 saturated carbocycles. The van der Waals surface area contributed by atoms with Gasteiger partial charge in [-0.1, -0.05) is 42.5 Å². The van der Waals surface area contributed by atoms with Crippen LogP contribution in [0.3, 0.4) is 0 Å².